The smallest absolute Gasteiger partial charge is 0.462 e. The summed E-state index contributed by atoms with van der Waals surface area (Å²) >= 11 is 0. The van der Waals surface area contributed by atoms with Gasteiger partial charge in [0.15, 0.2) is 12.2 Å². The van der Waals surface area contributed by atoms with Crippen LogP contribution in [0.15, 0.2) is 0 Å². The number of hydrogen-bond donors (Lipinski definition) is 3. The number of esters is 4. The average molecular weight is 1440 g/mol. The Bertz CT molecular complexity index is 1920. The minimum absolute atomic E-state index is 0.106. The second-order valence-electron chi connectivity index (χ2n) is 30.4. The molecule has 0 aromatic rings. The lowest BCUT2D eigenvalue weighted by molar-refractivity contribution is -0.161. The van der Waals surface area contributed by atoms with Crippen molar-refractivity contribution in [3.8, 4) is 0 Å². The number of rotatable bonds is 76. The molecular weight excluding hydrogens is 1280 g/mol. The largest absolute Gasteiger partial charge is 0.472 e. The van der Waals surface area contributed by atoms with Gasteiger partial charge in [0.25, 0.3) is 0 Å². The number of hydrogen-bond acceptors (Lipinski definition) is 15. The van der Waals surface area contributed by atoms with Crippen molar-refractivity contribution in [3.63, 3.8) is 0 Å². The number of aliphatic hydroxyl groups excluding tert-OH is 1. The van der Waals surface area contributed by atoms with E-state index in [4.69, 9.17) is 37.0 Å². The summed E-state index contributed by atoms with van der Waals surface area (Å²) in [6.07, 6.45) is 54.2. The lowest BCUT2D eigenvalue weighted by Gasteiger charge is -2.21. The van der Waals surface area contributed by atoms with Gasteiger partial charge in [-0.1, -0.05) is 351 Å². The van der Waals surface area contributed by atoms with Crippen LogP contribution in [0.25, 0.3) is 0 Å². The molecule has 0 bridgehead atoms. The van der Waals surface area contributed by atoms with Gasteiger partial charge in [-0.15, -0.1) is 0 Å². The Labute approximate surface area is 600 Å². The summed E-state index contributed by atoms with van der Waals surface area (Å²) in [4.78, 5) is 72.9. The summed E-state index contributed by atoms with van der Waals surface area (Å²) in [6, 6.07) is 0. The first-order chi connectivity index (χ1) is 47.1. The number of carbonyl (C=O) groups excluding carboxylic acids is 4. The van der Waals surface area contributed by atoms with E-state index in [0.717, 1.165) is 114 Å². The van der Waals surface area contributed by atoms with Gasteiger partial charge in [-0.25, -0.2) is 9.13 Å². The molecule has 0 aliphatic carbocycles. The Balaban J connectivity index is 5.24. The molecule has 5 atom stereocenters. The molecule has 98 heavy (non-hydrogen) atoms. The summed E-state index contributed by atoms with van der Waals surface area (Å²) in [5, 5.41) is 10.6. The molecule has 0 aliphatic rings. The first kappa shape index (κ1) is 96.1. The zero-order valence-corrected chi connectivity index (χ0v) is 66.2. The molecule has 0 aromatic heterocycles. The van der Waals surface area contributed by atoms with E-state index in [1.54, 1.807) is 0 Å². The Morgan fingerprint density at radius 2 is 0.429 bits per heavy atom. The highest BCUT2D eigenvalue weighted by Gasteiger charge is 2.30. The molecule has 2 unspecified atom stereocenters. The highest BCUT2D eigenvalue weighted by atomic mass is 31.2. The fourth-order valence-corrected chi connectivity index (χ4v) is 13.7. The summed E-state index contributed by atoms with van der Waals surface area (Å²) < 4.78 is 68.6. The molecule has 582 valence electrons. The van der Waals surface area contributed by atoms with Crippen LogP contribution in [0.4, 0.5) is 0 Å². The van der Waals surface area contributed by atoms with Crippen molar-refractivity contribution in [1.29, 1.82) is 0 Å². The molecule has 3 N–H and O–H groups in total. The van der Waals surface area contributed by atoms with Crippen LogP contribution in [-0.4, -0.2) is 96.7 Å². The predicted octanol–water partition coefficient (Wildman–Crippen LogP) is 23.2. The molecule has 0 heterocycles. The molecule has 17 nitrogen and oxygen atoms in total. The van der Waals surface area contributed by atoms with E-state index in [-0.39, 0.29) is 25.7 Å². The number of phosphoric ester groups is 2. The van der Waals surface area contributed by atoms with Crippen LogP contribution in [-0.2, 0) is 65.4 Å². The van der Waals surface area contributed by atoms with Crippen molar-refractivity contribution in [3.05, 3.63) is 0 Å². The van der Waals surface area contributed by atoms with E-state index < -0.39 is 97.5 Å². The lowest BCUT2D eigenvalue weighted by atomic mass is 10.0. The van der Waals surface area contributed by atoms with Crippen molar-refractivity contribution in [2.24, 2.45) is 23.7 Å². The fourth-order valence-electron chi connectivity index (χ4n) is 12.1. The Kier molecular flexibility index (Phi) is 66.8. The monoisotopic (exact) mass is 1440 g/mol. The lowest BCUT2D eigenvalue weighted by Crippen LogP contribution is -2.30. The quantitative estimate of drug-likeness (QED) is 0.0222. The normalized spacial score (nSPS) is 14.1. The maximum Gasteiger partial charge on any atom is 0.472 e. The third kappa shape index (κ3) is 72.4. The molecule has 0 spiro atoms. The maximum atomic E-state index is 13.1. The van der Waals surface area contributed by atoms with E-state index >= 15 is 0 Å². The van der Waals surface area contributed by atoms with Gasteiger partial charge < -0.3 is 33.8 Å². The number of ether oxygens (including phenoxy) is 4. The number of aliphatic hydroxyl groups is 1. The number of phosphoric acid groups is 2. The third-order valence-electron chi connectivity index (χ3n) is 18.3. The number of carbonyl (C=O) groups is 4. The summed E-state index contributed by atoms with van der Waals surface area (Å²) in [5.74, 6) is 0.935. The zero-order chi connectivity index (χ0) is 72.4. The third-order valence-corrected chi connectivity index (χ3v) is 20.2. The topological polar surface area (TPSA) is 237 Å². The van der Waals surface area contributed by atoms with E-state index in [2.05, 4.69) is 55.4 Å². The van der Waals surface area contributed by atoms with Gasteiger partial charge in [0.05, 0.1) is 26.4 Å². The molecule has 0 saturated heterocycles. The highest BCUT2D eigenvalue weighted by Crippen LogP contribution is 2.45. The van der Waals surface area contributed by atoms with Crippen LogP contribution in [0.2, 0.25) is 0 Å². The van der Waals surface area contributed by atoms with Crippen molar-refractivity contribution in [1.82, 2.24) is 0 Å². The van der Waals surface area contributed by atoms with Crippen LogP contribution >= 0.6 is 15.6 Å². The molecule has 0 fully saturated rings. The van der Waals surface area contributed by atoms with Gasteiger partial charge in [0.2, 0.25) is 0 Å². The molecule has 0 aromatic carbocycles. The van der Waals surface area contributed by atoms with E-state index in [1.807, 2.05) is 0 Å². The maximum absolute atomic E-state index is 13.1. The highest BCUT2D eigenvalue weighted by molar-refractivity contribution is 7.47. The standard InChI is InChI=1S/C79H154O17P2/c1-69(2)55-47-39-31-25-19-13-9-10-16-23-29-35-45-53-61-78(83)95-74(65-89-76(81)59-51-43-34-28-22-17-11-14-20-26-32-40-48-56-70(3)4)67-93-97(85,86)91-63-73(80)64-92-98(87,88)94-68-75(66-90-77(82)60-52-44-38-37-42-50-58-72(7)8)96-79(84)62-54-46-36-30-24-18-12-15-21-27-33-41-49-57-71(5)6/h69-75,80H,9-68H2,1-8H3,(H,85,86)(H,87,88)/t73-,74-,75-/m1/s1. The molecule has 0 saturated carbocycles. The molecule has 0 amide bonds. The van der Waals surface area contributed by atoms with Crippen LogP contribution in [0.1, 0.15) is 402 Å². The van der Waals surface area contributed by atoms with Crippen LogP contribution < -0.4 is 0 Å². The van der Waals surface area contributed by atoms with Gasteiger partial charge in [-0.2, -0.15) is 0 Å². The van der Waals surface area contributed by atoms with Crippen molar-refractivity contribution in [2.75, 3.05) is 39.6 Å². The van der Waals surface area contributed by atoms with Crippen LogP contribution in [0, 0.1) is 23.7 Å². The second-order valence-corrected chi connectivity index (χ2v) is 33.3. The zero-order valence-electron chi connectivity index (χ0n) is 64.4. The Hall–Kier alpha value is -1.94. The Morgan fingerprint density at radius 3 is 0.633 bits per heavy atom. The minimum Gasteiger partial charge on any atom is -0.462 e. The first-order valence-corrected chi connectivity index (χ1v) is 43.7. The summed E-state index contributed by atoms with van der Waals surface area (Å²) in [5.41, 5.74) is 0. The SMILES string of the molecule is CC(C)CCCCCCCCCCCCCCCCC(=O)O[C@H](COC(=O)CCCCCCCCCCCCCCCC(C)C)COP(=O)(O)OC[C@@H](O)COP(=O)(O)OC[C@@H](COC(=O)CCCCCCCCC(C)C)OC(=O)CCCCCCCCCCCCCCCC(C)C. The van der Waals surface area contributed by atoms with E-state index in [1.165, 1.54) is 199 Å². The second kappa shape index (κ2) is 68.2. The van der Waals surface area contributed by atoms with Gasteiger partial charge >= 0.3 is 39.5 Å². The molecule has 0 radical (unpaired) electrons. The van der Waals surface area contributed by atoms with Gasteiger partial charge in [0.1, 0.15) is 19.3 Å². The van der Waals surface area contributed by atoms with Crippen LogP contribution in [0.5, 0.6) is 0 Å². The van der Waals surface area contributed by atoms with E-state index in [9.17, 15) is 43.2 Å². The van der Waals surface area contributed by atoms with Gasteiger partial charge in [-0.05, 0) is 49.4 Å². The van der Waals surface area contributed by atoms with E-state index in [0.29, 0.717) is 31.6 Å². The molecule has 0 rings (SSSR count). The number of unbranched alkanes of at least 4 members (excludes halogenated alkanes) is 42. The average Bonchev–Trinajstić information content (AvgIpc) is 0.959. The minimum atomic E-state index is -4.96. The molecule has 0 aliphatic heterocycles. The summed E-state index contributed by atoms with van der Waals surface area (Å²) in [6.45, 7) is 14.2. The van der Waals surface area contributed by atoms with Crippen molar-refractivity contribution < 1.29 is 80.2 Å². The fraction of sp³-hybridized carbons (Fsp3) is 0.949. The molecule has 19 heteroatoms. The van der Waals surface area contributed by atoms with Crippen molar-refractivity contribution in [2.45, 2.75) is 420 Å². The van der Waals surface area contributed by atoms with Crippen LogP contribution in [0.3, 0.4) is 0 Å². The molecular formula is C79H154O17P2. The van der Waals surface area contributed by atoms with Gasteiger partial charge in [0, 0.05) is 25.7 Å². The summed E-state index contributed by atoms with van der Waals surface area (Å²) in [7, 11) is -9.92. The van der Waals surface area contributed by atoms with Gasteiger partial charge in [-0.3, -0.25) is 37.3 Å². The first-order valence-electron chi connectivity index (χ1n) is 40.7. The predicted molar refractivity (Wildman–Crippen MR) is 400 cm³/mol. The Morgan fingerprint density at radius 1 is 0.255 bits per heavy atom. The van der Waals surface area contributed by atoms with Crippen molar-refractivity contribution >= 4 is 39.5 Å².